The predicted octanol–water partition coefficient (Wildman–Crippen LogP) is 3.45. The van der Waals surface area contributed by atoms with E-state index in [9.17, 15) is 9.59 Å². The van der Waals surface area contributed by atoms with Gasteiger partial charge in [0.15, 0.2) is 0 Å². The van der Waals surface area contributed by atoms with Crippen molar-refractivity contribution in [3.63, 3.8) is 0 Å². The van der Waals surface area contributed by atoms with Crippen LogP contribution in [0, 0.1) is 0 Å². The molecule has 0 saturated heterocycles. The average Bonchev–Trinajstić information content (AvgIpc) is 2.55. The number of hydrogen-bond donors (Lipinski definition) is 2. The quantitative estimate of drug-likeness (QED) is 0.221. The van der Waals surface area contributed by atoms with Crippen LogP contribution in [0.1, 0.15) is 71.6 Å². The lowest BCUT2D eigenvalue weighted by molar-refractivity contribution is -0.128. The van der Waals surface area contributed by atoms with Gasteiger partial charge in [-0.3, -0.25) is 9.59 Å². The number of hydrogen-bond acceptors (Lipinski definition) is 3. The molecule has 2 amide bonds. The number of unbranched alkanes of at least 4 members (excludes halogenated alkanes) is 6. The van der Waals surface area contributed by atoms with Crippen molar-refractivity contribution >= 4 is 11.8 Å². The first-order chi connectivity index (χ1) is 11.2. The van der Waals surface area contributed by atoms with Gasteiger partial charge in [-0.25, -0.2) is 0 Å². The van der Waals surface area contributed by atoms with E-state index in [1.54, 1.807) is 0 Å². The van der Waals surface area contributed by atoms with Crippen molar-refractivity contribution in [2.75, 3.05) is 13.1 Å². The maximum absolute atomic E-state index is 12.1. The lowest BCUT2D eigenvalue weighted by Gasteiger charge is -2.16. The van der Waals surface area contributed by atoms with E-state index in [0.29, 0.717) is 13.0 Å². The van der Waals surface area contributed by atoms with E-state index in [2.05, 4.69) is 34.5 Å². The molecule has 0 aromatic rings. The molecule has 0 unspecified atom stereocenters. The zero-order valence-electron chi connectivity index (χ0n) is 14.5. The van der Waals surface area contributed by atoms with E-state index in [-0.39, 0.29) is 18.4 Å². The summed E-state index contributed by atoms with van der Waals surface area (Å²) < 4.78 is 0. The van der Waals surface area contributed by atoms with Crippen LogP contribution in [0.25, 0.3) is 10.4 Å². The average molecular weight is 325 g/mol. The molecule has 0 radical (unpaired) electrons. The summed E-state index contributed by atoms with van der Waals surface area (Å²) in [7, 11) is 0. The number of amides is 2. The Kier molecular flexibility index (Phi) is 14.0. The molecule has 0 aliphatic rings. The Balaban J connectivity index is 4.19. The highest BCUT2D eigenvalue weighted by Gasteiger charge is 2.19. The van der Waals surface area contributed by atoms with Gasteiger partial charge in [-0.15, -0.1) is 0 Å². The molecule has 7 nitrogen and oxygen atoms in total. The fourth-order valence-electron chi connectivity index (χ4n) is 2.18. The van der Waals surface area contributed by atoms with Crippen LogP contribution in [-0.2, 0) is 9.59 Å². The number of nitrogens with zero attached hydrogens (tertiary/aromatic N) is 3. The van der Waals surface area contributed by atoms with Crippen LogP contribution in [0.3, 0.4) is 0 Å². The molecule has 0 aromatic carbocycles. The molecule has 2 N–H and O–H groups in total. The van der Waals surface area contributed by atoms with Crippen LogP contribution >= 0.6 is 0 Å². The molecule has 0 aliphatic carbocycles. The zero-order valence-corrected chi connectivity index (χ0v) is 14.5. The molecule has 0 aliphatic heterocycles. The van der Waals surface area contributed by atoms with Crippen molar-refractivity contribution in [2.24, 2.45) is 5.11 Å². The van der Waals surface area contributed by atoms with Gasteiger partial charge in [0.25, 0.3) is 0 Å². The third-order valence-corrected chi connectivity index (χ3v) is 3.57. The summed E-state index contributed by atoms with van der Waals surface area (Å²) in [6, 6.07) is -0.782. The second kappa shape index (κ2) is 15.2. The van der Waals surface area contributed by atoms with Gasteiger partial charge in [0.1, 0.15) is 6.04 Å². The highest BCUT2D eigenvalue weighted by Crippen LogP contribution is 2.03. The Morgan fingerprint density at radius 3 is 2.30 bits per heavy atom. The largest absolute Gasteiger partial charge is 0.354 e. The highest BCUT2D eigenvalue weighted by atomic mass is 16.2. The first-order valence-electron chi connectivity index (χ1n) is 8.73. The van der Waals surface area contributed by atoms with Crippen LogP contribution < -0.4 is 10.6 Å². The minimum absolute atomic E-state index is 0.0575. The topological polar surface area (TPSA) is 107 Å². The normalized spacial score (nSPS) is 11.4. The minimum Gasteiger partial charge on any atom is -0.354 e. The van der Waals surface area contributed by atoms with Gasteiger partial charge in [0.2, 0.25) is 11.8 Å². The van der Waals surface area contributed by atoms with E-state index in [4.69, 9.17) is 5.53 Å². The smallest absolute Gasteiger partial charge is 0.242 e. The van der Waals surface area contributed by atoms with Crippen molar-refractivity contribution < 1.29 is 9.59 Å². The van der Waals surface area contributed by atoms with Gasteiger partial charge in [-0.05, 0) is 18.4 Å². The fourth-order valence-corrected chi connectivity index (χ4v) is 2.18. The number of carbonyl (C=O) groups is 2. The van der Waals surface area contributed by atoms with E-state index < -0.39 is 6.04 Å². The standard InChI is InChI=1S/C16H31N5O2/c1-3-5-7-9-11-15(22)20-14(13-19-21-17)16(23)18-12-10-8-6-4-2/h14H,3-13H2,1-2H3,(H,18,23)(H,20,22)/t14-/m0/s1. The molecule has 1 atom stereocenters. The summed E-state index contributed by atoms with van der Waals surface area (Å²) in [4.78, 5) is 26.6. The van der Waals surface area contributed by atoms with Crippen molar-refractivity contribution in [1.29, 1.82) is 0 Å². The summed E-state index contributed by atoms with van der Waals surface area (Å²) in [5, 5.41) is 8.88. The van der Waals surface area contributed by atoms with Crippen LogP contribution in [0.2, 0.25) is 0 Å². The highest BCUT2D eigenvalue weighted by molar-refractivity contribution is 5.87. The molecule has 0 spiro atoms. The van der Waals surface area contributed by atoms with Crippen molar-refractivity contribution in [3.8, 4) is 0 Å². The van der Waals surface area contributed by atoms with E-state index in [0.717, 1.165) is 51.4 Å². The summed E-state index contributed by atoms with van der Waals surface area (Å²) in [6.07, 6.45) is 8.71. The number of azide groups is 1. The third-order valence-electron chi connectivity index (χ3n) is 3.57. The molecule has 0 heterocycles. The third kappa shape index (κ3) is 12.5. The van der Waals surface area contributed by atoms with E-state index >= 15 is 0 Å². The van der Waals surface area contributed by atoms with Crippen LogP contribution in [0.4, 0.5) is 0 Å². The first kappa shape index (κ1) is 21.2. The maximum Gasteiger partial charge on any atom is 0.242 e. The summed E-state index contributed by atoms with van der Waals surface area (Å²) in [5.41, 5.74) is 8.42. The van der Waals surface area contributed by atoms with Gasteiger partial charge in [0.05, 0.1) is 6.54 Å². The first-order valence-corrected chi connectivity index (χ1v) is 8.73. The SMILES string of the molecule is CCCCCCNC(=O)[C@H](CN=[N+]=[N-])NC(=O)CCCCCC. The fraction of sp³-hybridized carbons (Fsp3) is 0.875. The molecule has 0 fully saturated rings. The number of carbonyl (C=O) groups excluding carboxylic acids is 2. The van der Waals surface area contributed by atoms with Crippen LogP contribution in [0.15, 0.2) is 5.11 Å². The molecular formula is C16H31N5O2. The monoisotopic (exact) mass is 325 g/mol. The van der Waals surface area contributed by atoms with Gasteiger partial charge in [0, 0.05) is 17.9 Å². The molecule has 7 heteroatoms. The molecule has 0 saturated carbocycles. The Labute approximate surface area is 139 Å². The second-order valence-electron chi connectivity index (χ2n) is 5.70. The minimum atomic E-state index is -0.782. The Hall–Kier alpha value is -1.75. The summed E-state index contributed by atoms with van der Waals surface area (Å²) >= 11 is 0. The van der Waals surface area contributed by atoms with Crippen molar-refractivity contribution in [1.82, 2.24) is 10.6 Å². The maximum atomic E-state index is 12.1. The molecule has 0 aromatic heterocycles. The Morgan fingerprint density at radius 2 is 1.70 bits per heavy atom. The molecule has 0 bridgehead atoms. The number of rotatable bonds is 14. The van der Waals surface area contributed by atoms with Gasteiger partial charge >= 0.3 is 0 Å². The van der Waals surface area contributed by atoms with Crippen molar-refractivity contribution in [2.45, 2.75) is 77.7 Å². The van der Waals surface area contributed by atoms with Crippen molar-refractivity contribution in [3.05, 3.63) is 10.4 Å². The molecule has 23 heavy (non-hydrogen) atoms. The van der Waals surface area contributed by atoms with Gasteiger partial charge < -0.3 is 10.6 Å². The van der Waals surface area contributed by atoms with Crippen LogP contribution in [0.5, 0.6) is 0 Å². The van der Waals surface area contributed by atoms with Gasteiger partial charge in [-0.1, -0.05) is 57.5 Å². The summed E-state index contributed by atoms with van der Waals surface area (Å²) in [6.45, 7) is 4.77. The van der Waals surface area contributed by atoms with Gasteiger partial charge in [-0.2, -0.15) is 0 Å². The Bertz CT molecular complexity index is 381. The van der Waals surface area contributed by atoms with E-state index in [1.165, 1.54) is 0 Å². The van der Waals surface area contributed by atoms with E-state index in [1.807, 2.05) is 0 Å². The molecular weight excluding hydrogens is 294 g/mol. The Morgan fingerprint density at radius 1 is 1.04 bits per heavy atom. The van der Waals surface area contributed by atoms with Crippen LogP contribution in [-0.4, -0.2) is 30.9 Å². The zero-order chi connectivity index (χ0) is 17.3. The molecule has 0 rings (SSSR count). The number of nitrogens with one attached hydrogen (secondary N) is 2. The molecule has 132 valence electrons. The lowest BCUT2D eigenvalue weighted by atomic mass is 10.1. The predicted molar refractivity (Wildman–Crippen MR) is 91.9 cm³/mol. The second-order valence-corrected chi connectivity index (χ2v) is 5.70. The summed E-state index contributed by atoms with van der Waals surface area (Å²) in [5.74, 6) is -0.448. The lowest BCUT2D eigenvalue weighted by Crippen LogP contribution is -2.48.